The van der Waals surface area contributed by atoms with Gasteiger partial charge in [0.25, 0.3) is 5.69 Å². The summed E-state index contributed by atoms with van der Waals surface area (Å²) in [4.78, 5) is 21.4. The quantitative estimate of drug-likeness (QED) is 0.671. The summed E-state index contributed by atoms with van der Waals surface area (Å²) in [7, 11) is 0. The Morgan fingerprint density at radius 2 is 2.00 bits per heavy atom. The lowest BCUT2D eigenvalue weighted by atomic mass is 10.2. The van der Waals surface area contributed by atoms with Crippen molar-refractivity contribution in [1.82, 2.24) is 0 Å². The molecule has 21 heavy (non-hydrogen) atoms. The monoisotopic (exact) mass is 327 g/mol. The first-order valence-corrected chi connectivity index (χ1v) is 6.72. The molecule has 0 unspecified atom stereocenters. The van der Waals surface area contributed by atoms with Gasteiger partial charge in [0.1, 0.15) is 5.82 Å². The molecule has 0 bridgehead atoms. The van der Waals surface area contributed by atoms with Gasteiger partial charge in [-0.2, -0.15) is 0 Å². The number of hydrogen-bond donors (Lipinski definition) is 1. The van der Waals surface area contributed by atoms with Crippen molar-refractivity contribution in [2.24, 2.45) is 0 Å². The average Bonchev–Trinajstić information content (AvgIpc) is 2.42. The zero-order chi connectivity index (χ0) is 15.6. The zero-order valence-electron chi connectivity index (χ0n) is 10.2. The number of nitrogens with zero attached hydrogens (tertiary/aromatic N) is 1. The van der Waals surface area contributed by atoms with Gasteiger partial charge in [0.2, 0.25) is 0 Å². The van der Waals surface area contributed by atoms with Crippen molar-refractivity contribution in [3.63, 3.8) is 0 Å². The summed E-state index contributed by atoms with van der Waals surface area (Å²) < 4.78 is 13.8. The van der Waals surface area contributed by atoms with Gasteiger partial charge in [0, 0.05) is 15.9 Å². The molecule has 0 spiro atoms. The van der Waals surface area contributed by atoms with Gasteiger partial charge >= 0.3 is 5.97 Å². The minimum absolute atomic E-state index is 0.0796. The van der Waals surface area contributed by atoms with Crippen LogP contribution in [0.5, 0.6) is 0 Å². The summed E-state index contributed by atoms with van der Waals surface area (Å²) in [6.45, 7) is 0. The van der Waals surface area contributed by atoms with Crippen LogP contribution in [0.25, 0.3) is 0 Å². The Morgan fingerprint density at radius 3 is 2.57 bits per heavy atom. The molecule has 0 atom stereocenters. The Morgan fingerprint density at radius 1 is 1.29 bits per heavy atom. The highest BCUT2D eigenvalue weighted by atomic mass is 35.5. The molecule has 0 saturated carbocycles. The standard InChI is InChI=1S/C13H7ClFNO4S/c14-10-3-2-8(6-9(10)13(17)18)21-12-4-1-7(16(19)20)5-11(12)15/h1-6H,(H,17,18). The lowest BCUT2D eigenvalue weighted by molar-refractivity contribution is -0.385. The van der Waals surface area contributed by atoms with Gasteiger partial charge < -0.3 is 5.11 Å². The molecule has 1 N–H and O–H groups in total. The molecule has 0 amide bonds. The van der Waals surface area contributed by atoms with E-state index in [1.54, 1.807) is 6.07 Å². The fraction of sp³-hybridized carbons (Fsp3) is 0. The molecule has 0 aliphatic heterocycles. The number of aromatic carboxylic acids is 1. The van der Waals surface area contributed by atoms with E-state index in [4.69, 9.17) is 16.7 Å². The lowest BCUT2D eigenvalue weighted by Crippen LogP contribution is -1.97. The van der Waals surface area contributed by atoms with E-state index in [2.05, 4.69) is 0 Å². The highest BCUT2D eigenvalue weighted by molar-refractivity contribution is 7.99. The number of carbonyl (C=O) groups is 1. The Kier molecular flexibility index (Phi) is 4.44. The number of carboxylic acid groups (broad SMARTS) is 1. The molecule has 2 aromatic carbocycles. The maximum Gasteiger partial charge on any atom is 0.337 e. The van der Waals surface area contributed by atoms with Crippen molar-refractivity contribution in [3.05, 3.63) is 62.9 Å². The second-order valence-corrected chi connectivity index (χ2v) is 5.44. The second-order valence-electron chi connectivity index (χ2n) is 3.92. The lowest BCUT2D eigenvalue weighted by Gasteiger charge is -2.05. The molecule has 2 rings (SSSR count). The SMILES string of the molecule is O=C(O)c1cc(Sc2ccc([N+](=O)[O-])cc2F)ccc1Cl. The van der Waals surface area contributed by atoms with Crippen molar-refractivity contribution in [3.8, 4) is 0 Å². The number of nitro benzene ring substituents is 1. The molecule has 2 aromatic rings. The van der Waals surface area contributed by atoms with Crippen molar-refractivity contribution in [1.29, 1.82) is 0 Å². The molecular formula is C13H7ClFNO4S. The zero-order valence-corrected chi connectivity index (χ0v) is 11.8. The van der Waals surface area contributed by atoms with Crippen LogP contribution in [-0.2, 0) is 0 Å². The number of carboxylic acids is 1. The summed E-state index contributed by atoms with van der Waals surface area (Å²) in [5.41, 5.74) is -0.442. The van der Waals surface area contributed by atoms with Crippen molar-refractivity contribution in [2.45, 2.75) is 9.79 Å². The summed E-state index contributed by atoms with van der Waals surface area (Å²) in [6, 6.07) is 7.52. The predicted molar refractivity (Wildman–Crippen MR) is 75.6 cm³/mol. The molecule has 0 aliphatic rings. The first-order valence-electron chi connectivity index (χ1n) is 5.53. The first-order chi connectivity index (χ1) is 9.88. The third-order valence-electron chi connectivity index (χ3n) is 2.52. The van der Waals surface area contributed by atoms with Crippen LogP contribution >= 0.6 is 23.4 Å². The van der Waals surface area contributed by atoms with E-state index in [0.29, 0.717) is 4.90 Å². The van der Waals surface area contributed by atoms with Crippen LogP contribution in [0.15, 0.2) is 46.2 Å². The van der Waals surface area contributed by atoms with Gasteiger partial charge in [-0.1, -0.05) is 23.4 Å². The Labute approximate surface area is 127 Å². The van der Waals surface area contributed by atoms with E-state index in [1.165, 1.54) is 24.3 Å². The second kappa shape index (κ2) is 6.11. The van der Waals surface area contributed by atoms with E-state index in [0.717, 1.165) is 17.8 Å². The number of non-ortho nitro benzene ring substituents is 1. The van der Waals surface area contributed by atoms with Gasteiger partial charge in [0.15, 0.2) is 0 Å². The average molecular weight is 328 g/mol. The Bertz CT molecular complexity index is 738. The molecule has 0 fully saturated rings. The number of nitro groups is 1. The van der Waals surface area contributed by atoms with E-state index in [-0.39, 0.29) is 21.2 Å². The predicted octanol–water partition coefficient (Wildman–Crippen LogP) is 4.24. The van der Waals surface area contributed by atoms with Crippen molar-refractivity contribution in [2.75, 3.05) is 0 Å². The van der Waals surface area contributed by atoms with Crippen LogP contribution in [0.3, 0.4) is 0 Å². The highest BCUT2D eigenvalue weighted by Gasteiger charge is 2.14. The summed E-state index contributed by atoms with van der Waals surface area (Å²) in [6.07, 6.45) is 0. The molecule has 0 aromatic heterocycles. The molecule has 108 valence electrons. The van der Waals surface area contributed by atoms with E-state index >= 15 is 0 Å². The normalized spacial score (nSPS) is 10.4. The third kappa shape index (κ3) is 3.50. The van der Waals surface area contributed by atoms with Gasteiger partial charge in [-0.25, -0.2) is 9.18 Å². The van der Waals surface area contributed by atoms with Crippen LogP contribution < -0.4 is 0 Å². The maximum atomic E-state index is 13.8. The van der Waals surface area contributed by atoms with Crippen molar-refractivity contribution >= 4 is 35.0 Å². The van der Waals surface area contributed by atoms with Crippen LogP contribution in [-0.4, -0.2) is 16.0 Å². The van der Waals surface area contributed by atoms with Gasteiger partial charge in [0.05, 0.1) is 21.6 Å². The maximum absolute atomic E-state index is 13.8. The van der Waals surface area contributed by atoms with Crippen LogP contribution in [0, 0.1) is 15.9 Å². The highest BCUT2D eigenvalue weighted by Crippen LogP contribution is 2.33. The Balaban J connectivity index is 2.32. The fourth-order valence-electron chi connectivity index (χ4n) is 1.54. The van der Waals surface area contributed by atoms with Gasteiger partial charge in [-0.3, -0.25) is 10.1 Å². The minimum atomic E-state index is -1.19. The fourth-order valence-corrected chi connectivity index (χ4v) is 2.60. The third-order valence-corrected chi connectivity index (χ3v) is 3.89. The first kappa shape index (κ1) is 15.3. The summed E-state index contributed by atoms with van der Waals surface area (Å²) >= 11 is 6.70. The van der Waals surface area contributed by atoms with E-state index < -0.39 is 16.7 Å². The molecular weight excluding hydrogens is 321 g/mol. The molecule has 0 heterocycles. The van der Waals surface area contributed by atoms with Gasteiger partial charge in [-0.15, -0.1) is 0 Å². The molecule has 5 nitrogen and oxygen atoms in total. The largest absolute Gasteiger partial charge is 0.478 e. The molecule has 8 heteroatoms. The minimum Gasteiger partial charge on any atom is -0.478 e. The Hall–Kier alpha value is -2.12. The number of hydrogen-bond acceptors (Lipinski definition) is 4. The number of halogens is 2. The van der Waals surface area contributed by atoms with Gasteiger partial charge in [-0.05, 0) is 24.3 Å². The number of benzene rings is 2. The van der Waals surface area contributed by atoms with Crippen LogP contribution in [0.1, 0.15) is 10.4 Å². The summed E-state index contributed by atoms with van der Waals surface area (Å²) in [5.74, 6) is -1.94. The van der Waals surface area contributed by atoms with Crippen LogP contribution in [0.2, 0.25) is 5.02 Å². The smallest absolute Gasteiger partial charge is 0.337 e. The topological polar surface area (TPSA) is 80.4 Å². The summed E-state index contributed by atoms with van der Waals surface area (Å²) in [5, 5.41) is 19.6. The molecule has 0 saturated heterocycles. The van der Waals surface area contributed by atoms with E-state index in [9.17, 15) is 19.3 Å². The van der Waals surface area contributed by atoms with Crippen molar-refractivity contribution < 1.29 is 19.2 Å². The van der Waals surface area contributed by atoms with Crippen LogP contribution in [0.4, 0.5) is 10.1 Å². The molecule has 0 radical (unpaired) electrons. The van der Waals surface area contributed by atoms with E-state index in [1.807, 2.05) is 0 Å². The number of rotatable bonds is 4. The molecule has 0 aliphatic carbocycles.